The molecular weight excluding hydrogens is 402 g/mol. The van der Waals surface area contributed by atoms with Crippen molar-refractivity contribution < 1.29 is 4.79 Å². The zero-order valence-corrected chi connectivity index (χ0v) is 15.1. The second kappa shape index (κ2) is 7.34. The zero-order valence-electron chi connectivity index (χ0n) is 12.1. The molecule has 0 saturated heterocycles. The number of hydrogen-bond donors (Lipinski definition) is 0. The molecule has 0 bridgehead atoms. The van der Waals surface area contributed by atoms with Crippen LogP contribution in [0.15, 0.2) is 83.7 Å². The molecule has 2 aromatic rings. The van der Waals surface area contributed by atoms with E-state index in [1.807, 2.05) is 40.8 Å². The normalized spacial score (nSPS) is 14.5. The first-order valence-corrected chi connectivity index (χ1v) is 9.69. The molecule has 0 atom stereocenters. The van der Waals surface area contributed by atoms with Gasteiger partial charge in [0.2, 0.25) is 3.79 Å². The number of carbonyl (C=O) groups is 1. The molecule has 0 heterocycles. The molecule has 1 aliphatic rings. The monoisotopic (exact) mass is 418 g/mol. The third-order valence-electron chi connectivity index (χ3n) is 3.65. The van der Waals surface area contributed by atoms with Crippen molar-refractivity contribution in [2.45, 2.75) is 12.8 Å². The van der Waals surface area contributed by atoms with E-state index in [4.69, 9.17) is 0 Å². The predicted octanol–water partition coefficient (Wildman–Crippen LogP) is 4.69. The summed E-state index contributed by atoms with van der Waals surface area (Å²) in [6.07, 6.45) is 6.10. The van der Waals surface area contributed by atoms with Gasteiger partial charge in [0.05, 0.1) is 0 Å². The van der Waals surface area contributed by atoms with Gasteiger partial charge in [0.15, 0.2) is 0 Å². The van der Waals surface area contributed by atoms with E-state index in [0.717, 1.165) is 18.4 Å². The lowest BCUT2D eigenvalue weighted by molar-refractivity contribution is -0.106. The highest BCUT2D eigenvalue weighted by atomic mass is 127. The third kappa shape index (κ3) is 3.39. The van der Waals surface area contributed by atoms with Crippen molar-refractivity contribution >= 4 is 44.9 Å². The lowest BCUT2D eigenvalue weighted by Crippen LogP contribution is -2.15. The van der Waals surface area contributed by atoms with Crippen molar-refractivity contribution in [2.24, 2.45) is 0 Å². The summed E-state index contributed by atoms with van der Waals surface area (Å²) in [4.78, 5) is 12.1. The van der Waals surface area contributed by atoms with Crippen molar-refractivity contribution in [3.63, 3.8) is 0 Å². The van der Waals surface area contributed by atoms with E-state index in [9.17, 15) is 4.79 Å². The number of hydrogen-bond acceptors (Lipinski definition) is 1. The van der Waals surface area contributed by atoms with Gasteiger partial charge >= 0.3 is 0 Å². The quantitative estimate of drug-likeness (QED) is 0.400. The van der Waals surface area contributed by atoms with Crippen LogP contribution in [0.25, 0.3) is 0 Å². The van der Waals surface area contributed by atoms with E-state index in [0.29, 0.717) is 0 Å². The number of allylic oxidation sites excluding steroid dienone is 4. The molecule has 0 radical (unpaired) electrons. The average molecular weight is 418 g/mol. The predicted molar refractivity (Wildman–Crippen MR) is 103 cm³/mol. The van der Waals surface area contributed by atoms with Gasteiger partial charge in [-0.1, -0.05) is 72.8 Å². The van der Waals surface area contributed by atoms with E-state index < -0.39 is 7.92 Å². The second-order valence-corrected chi connectivity index (χ2v) is 8.30. The summed E-state index contributed by atoms with van der Waals surface area (Å²) in [5.41, 5.74) is 0.894. The van der Waals surface area contributed by atoms with Crippen LogP contribution < -0.4 is 10.6 Å². The molecule has 0 aliphatic heterocycles. The van der Waals surface area contributed by atoms with Crippen LogP contribution in [0.4, 0.5) is 0 Å². The molecule has 2 aromatic carbocycles. The summed E-state index contributed by atoms with van der Waals surface area (Å²) in [5.74, 6) is 0. The van der Waals surface area contributed by atoms with Crippen LogP contribution >= 0.6 is 30.5 Å². The highest BCUT2D eigenvalue weighted by molar-refractivity contribution is 14.1. The summed E-state index contributed by atoms with van der Waals surface area (Å²) < 4.78 is 0.142. The van der Waals surface area contributed by atoms with Gasteiger partial charge in [0.1, 0.15) is 0 Å². The van der Waals surface area contributed by atoms with E-state index in [1.54, 1.807) is 0 Å². The standard InChI is InChI=1S/C19H16IOP/c20-19(21)17-13-7-8-14-18(17)22(15-9-3-1-4-10-15)16-11-5-2-6-12-16/h1-7,9-13H,8,14H2. The van der Waals surface area contributed by atoms with Gasteiger partial charge in [-0.05, 0) is 36.7 Å². The van der Waals surface area contributed by atoms with Gasteiger partial charge in [-0.15, -0.1) is 0 Å². The maximum absolute atomic E-state index is 12.1. The van der Waals surface area contributed by atoms with E-state index in [2.05, 4.69) is 54.6 Å². The molecule has 0 fully saturated rings. The molecule has 3 rings (SSSR count). The molecule has 0 unspecified atom stereocenters. The van der Waals surface area contributed by atoms with Crippen LogP contribution in [0, 0.1) is 0 Å². The average Bonchev–Trinajstić information content (AvgIpc) is 2.57. The molecule has 1 nitrogen and oxygen atoms in total. The van der Waals surface area contributed by atoms with Gasteiger partial charge in [-0.2, -0.15) is 0 Å². The molecule has 0 N–H and O–H groups in total. The van der Waals surface area contributed by atoms with Gasteiger partial charge in [0, 0.05) is 28.2 Å². The van der Waals surface area contributed by atoms with Crippen molar-refractivity contribution in [3.8, 4) is 0 Å². The molecule has 22 heavy (non-hydrogen) atoms. The Morgan fingerprint density at radius 1 is 0.909 bits per heavy atom. The topological polar surface area (TPSA) is 17.1 Å². The fourth-order valence-electron chi connectivity index (χ4n) is 2.68. The van der Waals surface area contributed by atoms with Crippen LogP contribution in [0.5, 0.6) is 0 Å². The van der Waals surface area contributed by atoms with E-state index in [1.165, 1.54) is 15.9 Å². The minimum absolute atomic E-state index is 0.142. The van der Waals surface area contributed by atoms with Gasteiger partial charge in [0.25, 0.3) is 0 Å². The number of rotatable bonds is 4. The Kier molecular flexibility index (Phi) is 5.22. The van der Waals surface area contributed by atoms with E-state index in [-0.39, 0.29) is 3.79 Å². The minimum Gasteiger partial charge on any atom is -0.282 e. The number of halogens is 1. The minimum atomic E-state index is -0.638. The number of carbonyl (C=O) groups excluding carboxylic acids is 1. The van der Waals surface area contributed by atoms with Crippen LogP contribution in [-0.4, -0.2) is 3.79 Å². The highest BCUT2D eigenvalue weighted by Gasteiger charge is 2.24. The van der Waals surface area contributed by atoms with Crippen molar-refractivity contribution in [1.82, 2.24) is 0 Å². The summed E-state index contributed by atoms with van der Waals surface area (Å²) in [7, 11) is -0.638. The lowest BCUT2D eigenvalue weighted by Gasteiger charge is -2.25. The third-order valence-corrected chi connectivity index (χ3v) is 6.87. The molecule has 0 amide bonds. The van der Waals surface area contributed by atoms with Crippen LogP contribution in [0.1, 0.15) is 12.8 Å². The van der Waals surface area contributed by atoms with Crippen LogP contribution in [0.2, 0.25) is 0 Å². The van der Waals surface area contributed by atoms with Gasteiger partial charge in [-0.25, -0.2) is 0 Å². The van der Waals surface area contributed by atoms with Crippen LogP contribution in [-0.2, 0) is 4.79 Å². The van der Waals surface area contributed by atoms with Crippen molar-refractivity contribution in [3.05, 3.63) is 83.7 Å². The SMILES string of the molecule is O=C(I)C1=C(P(c2ccccc2)c2ccccc2)CCC=C1. The molecule has 1 aliphatic carbocycles. The molecule has 0 spiro atoms. The Morgan fingerprint density at radius 2 is 1.45 bits per heavy atom. The Bertz CT molecular complexity index is 680. The zero-order chi connectivity index (χ0) is 15.4. The number of benzene rings is 2. The Labute approximate surface area is 146 Å². The summed E-state index contributed by atoms with van der Waals surface area (Å²) in [6.45, 7) is 0. The van der Waals surface area contributed by atoms with Crippen molar-refractivity contribution in [2.75, 3.05) is 0 Å². The fourth-order valence-corrected chi connectivity index (χ4v) is 6.03. The summed E-state index contributed by atoms with van der Waals surface area (Å²) in [6, 6.07) is 21.1. The smallest absolute Gasteiger partial charge is 0.222 e. The van der Waals surface area contributed by atoms with E-state index >= 15 is 0 Å². The highest BCUT2D eigenvalue weighted by Crippen LogP contribution is 2.48. The molecular formula is C19H16IOP. The Morgan fingerprint density at radius 3 is 1.95 bits per heavy atom. The lowest BCUT2D eigenvalue weighted by atomic mass is 10.1. The maximum Gasteiger partial charge on any atom is 0.222 e. The summed E-state index contributed by atoms with van der Waals surface area (Å²) >= 11 is 1.91. The van der Waals surface area contributed by atoms with Crippen molar-refractivity contribution in [1.29, 1.82) is 0 Å². The second-order valence-electron chi connectivity index (χ2n) is 5.08. The van der Waals surface area contributed by atoms with Crippen LogP contribution in [0.3, 0.4) is 0 Å². The molecule has 0 saturated carbocycles. The van der Waals surface area contributed by atoms with Gasteiger partial charge in [-0.3, -0.25) is 4.79 Å². The first-order valence-electron chi connectivity index (χ1n) is 7.27. The first kappa shape index (κ1) is 15.6. The Hall–Kier alpha value is -1.25. The Balaban J connectivity index is 2.18. The summed E-state index contributed by atoms with van der Waals surface area (Å²) in [5, 5.41) is 3.92. The molecule has 0 aromatic heterocycles. The molecule has 3 heteroatoms. The molecule has 110 valence electrons. The largest absolute Gasteiger partial charge is 0.282 e. The van der Waals surface area contributed by atoms with Gasteiger partial charge < -0.3 is 0 Å². The fraction of sp³-hybridized carbons (Fsp3) is 0.105. The maximum atomic E-state index is 12.1. The first-order chi connectivity index (χ1) is 10.8.